The summed E-state index contributed by atoms with van der Waals surface area (Å²) in [5, 5.41) is 0.226. The van der Waals surface area contributed by atoms with Crippen LogP contribution in [0.1, 0.15) is 12.8 Å². The monoisotopic (exact) mass is 267 g/mol. The van der Waals surface area contributed by atoms with Crippen molar-refractivity contribution < 1.29 is 4.74 Å². The van der Waals surface area contributed by atoms with Gasteiger partial charge in [-0.05, 0) is 24.4 Å². The molecule has 96 valence electrons. The van der Waals surface area contributed by atoms with Crippen molar-refractivity contribution in [2.45, 2.75) is 18.9 Å². The Balaban J connectivity index is 2.00. The highest BCUT2D eigenvalue weighted by Gasteiger charge is 2.23. The van der Waals surface area contributed by atoms with E-state index in [1.54, 1.807) is 13.4 Å². The number of hydrogen-bond donors (Lipinski definition) is 1. The van der Waals surface area contributed by atoms with Crippen LogP contribution < -0.4 is 4.90 Å². The van der Waals surface area contributed by atoms with Gasteiger partial charge in [0, 0.05) is 20.2 Å². The quantitative estimate of drug-likeness (QED) is 0.838. The van der Waals surface area contributed by atoms with Crippen LogP contribution in [-0.2, 0) is 4.74 Å². The zero-order chi connectivity index (χ0) is 12.5. The van der Waals surface area contributed by atoms with Crippen molar-refractivity contribution >= 4 is 28.6 Å². The summed E-state index contributed by atoms with van der Waals surface area (Å²) in [5.41, 5.74) is 1.43. The molecule has 6 nitrogen and oxygen atoms in total. The van der Waals surface area contributed by atoms with E-state index in [9.17, 15) is 0 Å². The van der Waals surface area contributed by atoms with Gasteiger partial charge in [0.25, 0.3) is 0 Å². The van der Waals surface area contributed by atoms with Crippen molar-refractivity contribution in [3.05, 3.63) is 11.6 Å². The van der Waals surface area contributed by atoms with Crippen LogP contribution in [0.3, 0.4) is 0 Å². The van der Waals surface area contributed by atoms with Gasteiger partial charge < -0.3 is 14.6 Å². The zero-order valence-electron chi connectivity index (χ0n) is 10.1. The van der Waals surface area contributed by atoms with E-state index in [1.807, 2.05) is 0 Å². The first-order valence-corrected chi connectivity index (χ1v) is 6.30. The smallest absolute Gasteiger partial charge is 0.226 e. The van der Waals surface area contributed by atoms with Crippen LogP contribution in [0.4, 0.5) is 5.82 Å². The Hall–Kier alpha value is -1.40. The van der Waals surface area contributed by atoms with Gasteiger partial charge in [-0.1, -0.05) is 0 Å². The van der Waals surface area contributed by atoms with Gasteiger partial charge in [0.1, 0.15) is 5.52 Å². The van der Waals surface area contributed by atoms with Crippen LogP contribution in [0.25, 0.3) is 11.2 Å². The first kappa shape index (κ1) is 11.7. The Morgan fingerprint density at radius 2 is 2.39 bits per heavy atom. The molecule has 0 aromatic carbocycles. The third-order valence-corrected chi connectivity index (χ3v) is 3.42. The molecule has 1 atom stereocenters. The number of hydrogen-bond acceptors (Lipinski definition) is 5. The summed E-state index contributed by atoms with van der Waals surface area (Å²) in [6.07, 6.45) is 4.01. The van der Waals surface area contributed by atoms with Crippen LogP contribution in [0.5, 0.6) is 0 Å². The van der Waals surface area contributed by atoms with Crippen molar-refractivity contribution in [2.24, 2.45) is 0 Å². The van der Waals surface area contributed by atoms with Gasteiger partial charge in [-0.3, -0.25) is 0 Å². The lowest BCUT2D eigenvalue weighted by Gasteiger charge is -2.32. The summed E-state index contributed by atoms with van der Waals surface area (Å²) in [6, 6.07) is 0. The first-order chi connectivity index (χ1) is 8.78. The fourth-order valence-electron chi connectivity index (χ4n) is 2.34. The Labute approximate surface area is 109 Å². The van der Waals surface area contributed by atoms with E-state index < -0.39 is 0 Å². The van der Waals surface area contributed by atoms with Crippen LogP contribution in [-0.4, -0.2) is 46.2 Å². The van der Waals surface area contributed by atoms with Crippen LogP contribution in [0.2, 0.25) is 5.28 Å². The molecule has 2 aromatic rings. The maximum atomic E-state index is 5.94. The minimum absolute atomic E-state index is 0.226. The minimum atomic E-state index is 0.226. The number of nitrogens with one attached hydrogen (secondary N) is 1. The highest BCUT2D eigenvalue weighted by molar-refractivity contribution is 6.28. The molecular weight excluding hydrogens is 254 g/mol. The van der Waals surface area contributed by atoms with Gasteiger partial charge in [-0.25, -0.2) is 4.98 Å². The van der Waals surface area contributed by atoms with Crippen molar-refractivity contribution in [1.29, 1.82) is 0 Å². The van der Waals surface area contributed by atoms with E-state index in [4.69, 9.17) is 16.3 Å². The second-order valence-corrected chi connectivity index (χ2v) is 4.70. The van der Waals surface area contributed by atoms with Gasteiger partial charge >= 0.3 is 0 Å². The zero-order valence-corrected chi connectivity index (χ0v) is 10.8. The van der Waals surface area contributed by atoms with Crippen LogP contribution >= 0.6 is 11.6 Å². The Kier molecular flexibility index (Phi) is 3.05. The number of halogens is 1. The molecule has 7 heteroatoms. The molecule has 0 amide bonds. The fraction of sp³-hybridized carbons (Fsp3) is 0.545. The summed E-state index contributed by atoms with van der Waals surface area (Å²) in [6.45, 7) is 1.76. The molecule has 18 heavy (non-hydrogen) atoms. The van der Waals surface area contributed by atoms with E-state index in [-0.39, 0.29) is 11.4 Å². The summed E-state index contributed by atoms with van der Waals surface area (Å²) >= 11 is 5.94. The Morgan fingerprint density at radius 1 is 1.50 bits per heavy atom. The molecule has 1 N–H and O–H groups in total. The Bertz CT molecular complexity index is 557. The number of fused-ring (bicyclic) bond motifs is 1. The van der Waals surface area contributed by atoms with Crippen LogP contribution in [0, 0.1) is 0 Å². The number of aromatic amines is 1. The number of aromatic nitrogens is 4. The number of rotatable bonds is 2. The normalized spacial score (nSPS) is 20.6. The molecule has 1 unspecified atom stereocenters. The highest BCUT2D eigenvalue weighted by atomic mass is 35.5. The molecule has 1 fully saturated rings. The fourth-order valence-corrected chi connectivity index (χ4v) is 2.50. The lowest BCUT2D eigenvalue weighted by molar-refractivity contribution is 0.0892. The molecule has 3 rings (SSSR count). The molecule has 0 radical (unpaired) electrons. The predicted molar refractivity (Wildman–Crippen MR) is 68.9 cm³/mol. The predicted octanol–water partition coefficient (Wildman–Crippen LogP) is 1.62. The minimum Gasteiger partial charge on any atom is -0.380 e. The van der Waals surface area contributed by atoms with E-state index in [0.717, 1.165) is 37.3 Å². The first-order valence-electron chi connectivity index (χ1n) is 5.92. The average molecular weight is 268 g/mol. The van der Waals surface area contributed by atoms with Crippen molar-refractivity contribution in [2.75, 3.05) is 25.1 Å². The van der Waals surface area contributed by atoms with E-state index in [1.165, 1.54) is 0 Å². The molecule has 1 aliphatic heterocycles. The van der Waals surface area contributed by atoms with Crippen LogP contribution in [0.15, 0.2) is 6.33 Å². The lowest BCUT2D eigenvalue weighted by Crippen LogP contribution is -2.39. The number of methoxy groups -OCH3 is 1. The molecule has 1 aliphatic rings. The maximum absolute atomic E-state index is 5.94. The third-order valence-electron chi connectivity index (χ3n) is 3.25. The summed E-state index contributed by atoms with van der Waals surface area (Å²) in [7, 11) is 1.74. The molecule has 2 aromatic heterocycles. The average Bonchev–Trinajstić information content (AvgIpc) is 2.85. The van der Waals surface area contributed by atoms with Crippen molar-refractivity contribution in [3.8, 4) is 0 Å². The van der Waals surface area contributed by atoms with E-state index in [2.05, 4.69) is 24.8 Å². The number of piperidine rings is 1. The molecule has 0 saturated carbocycles. The number of anilines is 1. The topological polar surface area (TPSA) is 66.9 Å². The number of ether oxygens (including phenoxy) is 1. The standard InChI is InChI=1S/C11H14ClN5O/c1-18-7-3-2-4-17(5-7)10-8-9(14-6-13-8)15-11(12)16-10/h6-7H,2-5H2,1H3,(H,13,14,15,16). The highest BCUT2D eigenvalue weighted by Crippen LogP contribution is 2.26. The summed E-state index contributed by atoms with van der Waals surface area (Å²) < 4.78 is 5.42. The third kappa shape index (κ3) is 2.02. The maximum Gasteiger partial charge on any atom is 0.226 e. The molecule has 0 bridgehead atoms. The SMILES string of the molecule is COC1CCCN(c2nc(Cl)nc3nc[nH]c23)C1. The van der Waals surface area contributed by atoms with Gasteiger partial charge in [0.2, 0.25) is 5.28 Å². The molecule has 0 aliphatic carbocycles. The second-order valence-electron chi connectivity index (χ2n) is 4.36. The largest absolute Gasteiger partial charge is 0.380 e. The molecular formula is C11H14ClN5O. The van der Waals surface area contributed by atoms with Gasteiger partial charge in [-0.2, -0.15) is 9.97 Å². The molecule has 1 saturated heterocycles. The van der Waals surface area contributed by atoms with Gasteiger partial charge in [0.15, 0.2) is 11.5 Å². The van der Waals surface area contributed by atoms with Crippen molar-refractivity contribution in [1.82, 2.24) is 19.9 Å². The van der Waals surface area contributed by atoms with E-state index in [0.29, 0.717) is 5.65 Å². The van der Waals surface area contributed by atoms with Crippen molar-refractivity contribution in [3.63, 3.8) is 0 Å². The van der Waals surface area contributed by atoms with E-state index >= 15 is 0 Å². The molecule has 3 heterocycles. The number of H-pyrrole nitrogens is 1. The summed E-state index contributed by atoms with van der Waals surface area (Å²) in [5.74, 6) is 0.809. The Morgan fingerprint density at radius 3 is 3.22 bits per heavy atom. The number of imidazole rings is 1. The van der Waals surface area contributed by atoms with Gasteiger partial charge in [-0.15, -0.1) is 0 Å². The number of nitrogens with zero attached hydrogens (tertiary/aromatic N) is 4. The summed E-state index contributed by atoms with van der Waals surface area (Å²) in [4.78, 5) is 17.8. The van der Waals surface area contributed by atoms with Gasteiger partial charge in [0.05, 0.1) is 12.4 Å². The second kappa shape index (κ2) is 4.70. The lowest BCUT2D eigenvalue weighted by atomic mass is 10.1. The molecule has 0 spiro atoms.